The molecule has 0 spiro atoms. The zero-order chi connectivity index (χ0) is 12.7. The first-order chi connectivity index (χ1) is 8.13. The minimum Gasteiger partial charge on any atom is -0.480 e. The molecule has 2 amide bonds. The number of carbonyl (C=O) groups excluding carboxylic acids is 1. The first-order valence-electron chi connectivity index (χ1n) is 5.86. The minimum atomic E-state index is -1.11. The van der Waals surface area contributed by atoms with Gasteiger partial charge in [-0.2, -0.15) is 0 Å². The predicted octanol–water partition coefficient (Wildman–Crippen LogP) is 1.09. The van der Waals surface area contributed by atoms with Crippen molar-refractivity contribution >= 4 is 12.0 Å². The maximum absolute atomic E-state index is 11.5. The number of amides is 2. The molecule has 0 aromatic carbocycles. The summed E-state index contributed by atoms with van der Waals surface area (Å²) in [6.07, 6.45) is 10.4. The number of nitrogens with one attached hydrogen (secondary N) is 2. The Morgan fingerprint density at radius 2 is 2.00 bits per heavy atom. The number of hydrogen-bond donors (Lipinski definition) is 3. The summed E-state index contributed by atoms with van der Waals surface area (Å²) in [4.78, 5) is 22.3. The quantitative estimate of drug-likeness (QED) is 0.642. The van der Waals surface area contributed by atoms with Crippen LogP contribution in [0.25, 0.3) is 0 Å². The zero-order valence-electron chi connectivity index (χ0n) is 9.74. The minimum absolute atomic E-state index is 0.00653. The third-order valence-electron chi connectivity index (χ3n) is 2.87. The van der Waals surface area contributed by atoms with Gasteiger partial charge in [0.15, 0.2) is 0 Å². The van der Waals surface area contributed by atoms with Gasteiger partial charge in [0.1, 0.15) is 6.04 Å². The second kappa shape index (κ2) is 6.79. The Labute approximate surface area is 101 Å². The molecule has 1 unspecified atom stereocenters. The maximum atomic E-state index is 11.5. The van der Waals surface area contributed by atoms with Crippen LogP contribution in [0.5, 0.6) is 0 Å². The molecule has 1 rings (SSSR count). The molecule has 5 nitrogen and oxygen atoms in total. The Hall–Kier alpha value is -1.70. The molecule has 0 saturated heterocycles. The molecule has 94 valence electrons. The Morgan fingerprint density at radius 1 is 1.35 bits per heavy atom. The molecule has 0 aromatic heterocycles. The fraction of sp³-hybridized carbons (Fsp3) is 0.667. The van der Waals surface area contributed by atoms with E-state index in [4.69, 9.17) is 11.5 Å². The van der Waals surface area contributed by atoms with Gasteiger partial charge < -0.3 is 15.7 Å². The SMILES string of the molecule is C#CCC(NC(=O)NC1CCCCC1)C(=O)O. The molecule has 1 aliphatic carbocycles. The summed E-state index contributed by atoms with van der Waals surface area (Å²) in [7, 11) is 0. The third kappa shape index (κ3) is 4.77. The first-order valence-corrected chi connectivity index (χ1v) is 5.86. The Morgan fingerprint density at radius 3 is 2.53 bits per heavy atom. The molecule has 1 fully saturated rings. The highest BCUT2D eigenvalue weighted by Crippen LogP contribution is 2.17. The highest BCUT2D eigenvalue weighted by atomic mass is 16.4. The van der Waals surface area contributed by atoms with Crippen molar-refractivity contribution in [1.29, 1.82) is 0 Å². The molecular weight excluding hydrogens is 220 g/mol. The van der Waals surface area contributed by atoms with Crippen LogP contribution in [-0.4, -0.2) is 29.2 Å². The van der Waals surface area contributed by atoms with Crippen LogP contribution in [0.2, 0.25) is 0 Å². The van der Waals surface area contributed by atoms with Crippen LogP contribution in [0, 0.1) is 12.3 Å². The second-order valence-corrected chi connectivity index (χ2v) is 4.25. The molecule has 1 atom stereocenters. The van der Waals surface area contributed by atoms with E-state index in [0.717, 1.165) is 25.7 Å². The van der Waals surface area contributed by atoms with Crippen LogP contribution in [-0.2, 0) is 4.79 Å². The van der Waals surface area contributed by atoms with Crippen molar-refractivity contribution in [3.63, 3.8) is 0 Å². The second-order valence-electron chi connectivity index (χ2n) is 4.25. The first kappa shape index (κ1) is 13.4. The molecule has 5 heteroatoms. The summed E-state index contributed by atoms with van der Waals surface area (Å²) in [5.74, 6) is 1.13. The fourth-order valence-corrected chi connectivity index (χ4v) is 1.95. The van der Waals surface area contributed by atoms with Gasteiger partial charge >= 0.3 is 12.0 Å². The molecule has 1 saturated carbocycles. The number of carbonyl (C=O) groups is 2. The van der Waals surface area contributed by atoms with Gasteiger partial charge in [-0.3, -0.25) is 0 Å². The van der Waals surface area contributed by atoms with Crippen molar-refractivity contribution in [3.8, 4) is 12.3 Å². The number of aliphatic carboxylic acids is 1. The van der Waals surface area contributed by atoms with E-state index >= 15 is 0 Å². The molecule has 0 heterocycles. The highest BCUT2D eigenvalue weighted by Gasteiger charge is 2.21. The van der Waals surface area contributed by atoms with E-state index in [1.54, 1.807) is 0 Å². The Balaban J connectivity index is 2.36. The van der Waals surface area contributed by atoms with Crippen LogP contribution >= 0.6 is 0 Å². The summed E-state index contributed by atoms with van der Waals surface area (Å²) < 4.78 is 0. The Kier molecular flexibility index (Phi) is 5.34. The van der Waals surface area contributed by atoms with Crippen LogP contribution < -0.4 is 10.6 Å². The van der Waals surface area contributed by atoms with Crippen LogP contribution in [0.3, 0.4) is 0 Å². The maximum Gasteiger partial charge on any atom is 0.327 e. The smallest absolute Gasteiger partial charge is 0.327 e. The number of hydrogen-bond acceptors (Lipinski definition) is 2. The highest BCUT2D eigenvalue weighted by molar-refractivity contribution is 5.82. The summed E-state index contributed by atoms with van der Waals surface area (Å²) in [6, 6.07) is -1.30. The molecular formula is C12H18N2O3. The molecule has 1 aliphatic rings. The van der Waals surface area contributed by atoms with Crippen molar-refractivity contribution in [3.05, 3.63) is 0 Å². The summed E-state index contributed by atoms with van der Waals surface area (Å²) in [6.45, 7) is 0. The van der Waals surface area contributed by atoms with Crippen LogP contribution in [0.1, 0.15) is 38.5 Å². The van der Waals surface area contributed by atoms with Gasteiger partial charge in [-0.1, -0.05) is 19.3 Å². The lowest BCUT2D eigenvalue weighted by molar-refractivity contribution is -0.139. The monoisotopic (exact) mass is 238 g/mol. The van der Waals surface area contributed by atoms with Crippen molar-refractivity contribution in [2.24, 2.45) is 0 Å². The Bertz CT molecular complexity index is 316. The normalized spacial score (nSPS) is 17.8. The molecule has 0 bridgehead atoms. The fourth-order valence-electron chi connectivity index (χ4n) is 1.95. The van der Waals surface area contributed by atoms with Gasteiger partial charge in [-0.15, -0.1) is 12.3 Å². The van der Waals surface area contributed by atoms with Crippen molar-refractivity contribution in [2.45, 2.75) is 50.6 Å². The van der Waals surface area contributed by atoms with Crippen molar-refractivity contribution in [1.82, 2.24) is 10.6 Å². The van der Waals surface area contributed by atoms with Crippen LogP contribution in [0.4, 0.5) is 4.79 Å². The van der Waals surface area contributed by atoms with Crippen molar-refractivity contribution in [2.75, 3.05) is 0 Å². The number of rotatable bonds is 4. The van der Waals surface area contributed by atoms with Gasteiger partial charge in [0.25, 0.3) is 0 Å². The summed E-state index contributed by atoms with van der Waals surface area (Å²) >= 11 is 0. The molecule has 17 heavy (non-hydrogen) atoms. The van der Waals surface area contributed by atoms with E-state index in [9.17, 15) is 9.59 Å². The lowest BCUT2D eigenvalue weighted by Gasteiger charge is -2.23. The van der Waals surface area contributed by atoms with Gasteiger partial charge in [0.2, 0.25) is 0 Å². The van der Waals surface area contributed by atoms with Crippen LogP contribution in [0.15, 0.2) is 0 Å². The average Bonchev–Trinajstić information content (AvgIpc) is 2.29. The number of terminal acetylenes is 1. The molecule has 0 radical (unpaired) electrons. The van der Waals surface area contributed by atoms with Gasteiger partial charge in [-0.25, -0.2) is 9.59 Å². The molecule has 0 aliphatic heterocycles. The average molecular weight is 238 g/mol. The van der Waals surface area contributed by atoms with E-state index in [2.05, 4.69) is 16.6 Å². The van der Waals surface area contributed by atoms with E-state index < -0.39 is 18.0 Å². The summed E-state index contributed by atoms with van der Waals surface area (Å²) in [5, 5.41) is 14.0. The third-order valence-corrected chi connectivity index (χ3v) is 2.87. The number of urea groups is 1. The largest absolute Gasteiger partial charge is 0.480 e. The number of carboxylic acids is 1. The summed E-state index contributed by atoms with van der Waals surface area (Å²) in [5.41, 5.74) is 0. The lowest BCUT2D eigenvalue weighted by atomic mass is 9.96. The lowest BCUT2D eigenvalue weighted by Crippen LogP contribution is -2.49. The number of carboxylic acid groups (broad SMARTS) is 1. The van der Waals surface area contributed by atoms with Crippen molar-refractivity contribution < 1.29 is 14.7 Å². The topological polar surface area (TPSA) is 78.4 Å². The zero-order valence-corrected chi connectivity index (χ0v) is 9.74. The van der Waals surface area contributed by atoms with Gasteiger partial charge in [0.05, 0.1) is 0 Å². The predicted molar refractivity (Wildman–Crippen MR) is 63.4 cm³/mol. The van der Waals surface area contributed by atoms with Gasteiger partial charge in [-0.05, 0) is 12.8 Å². The molecule has 0 aromatic rings. The van der Waals surface area contributed by atoms with E-state index in [1.165, 1.54) is 6.42 Å². The van der Waals surface area contributed by atoms with Gasteiger partial charge in [0, 0.05) is 12.5 Å². The van der Waals surface area contributed by atoms with E-state index in [1.807, 2.05) is 0 Å². The van der Waals surface area contributed by atoms with E-state index in [0.29, 0.717) is 0 Å². The molecule has 3 N–H and O–H groups in total. The standard InChI is InChI=1S/C12H18N2O3/c1-2-6-10(11(15)16)14-12(17)13-9-7-4-3-5-8-9/h1,9-10H,3-8H2,(H,15,16)(H2,13,14,17). The van der Waals surface area contributed by atoms with E-state index in [-0.39, 0.29) is 12.5 Å².